The predicted molar refractivity (Wildman–Crippen MR) is 57.6 cm³/mol. The zero-order valence-electron chi connectivity index (χ0n) is 9.11. The molecular weight excluding hydrogens is 211 g/mol. The molecule has 2 rings (SSSR count). The Labute approximate surface area is 92.4 Å². The fourth-order valence-electron chi connectivity index (χ4n) is 2.18. The summed E-state index contributed by atoms with van der Waals surface area (Å²) in [6.45, 7) is 4.00. The summed E-state index contributed by atoms with van der Waals surface area (Å²) in [7, 11) is 0. The van der Waals surface area contributed by atoms with Crippen LogP contribution >= 0.6 is 0 Å². The number of benzene rings is 1. The quantitative estimate of drug-likeness (QED) is 0.618. The van der Waals surface area contributed by atoms with Gasteiger partial charge in [0.05, 0.1) is 4.92 Å². The SMILES string of the molecule is CC1(C)[C@H](N)[C@H]1c1ccc(F)c([N+](=O)[O-])c1. The first-order valence-electron chi connectivity index (χ1n) is 5.05. The highest BCUT2D eigenvalue weighted by molar-refractivity contribution is 5.42. The van der Waals surface area contributed by atoms with Crippen molar-refractivity contribution in [3.63, 3.8) is 0 Å². The number of nitro benzene ring substituents is 1. The van der Waals surface area contributed by atoms with E-state index >= 15 is 0 Å². The van der Waals surface area contributed by atoms with E-state index in [1.807, 2.05) is 13.8 Å². The molecule has 0 unspecified atom stereocenters. The van der Waals surface area contributed by atoms with E-state index in [1.165, 1.54) is 6.07 Å². The Hall–Kier alpha value is -1.49. The first kappa shape index (κ1) is 11.0. The third kappa shape index (κ3) is 1.48. The minimum Gasteiger partial charge on any atom is -0.327 e. The summed E-state index contributed by atoms with van der Waals surface area (Å²) < 4.78 is 13.1. The van der Waals surface area contributed by atoms with E-state index in [0.717, 1.165) is 11.6 Å². The zero-order chi connectivity index (χ0) is 12.1. The van der Waals surface area contributed by atoms with E-state index in [4.69, 9.17) is 5.73 Å². The molecule has 5 heteroatoms. The normalized spacial score (nSPS) is 26.5. The molecule has 2 N–H and O–H groups in total. The van der Waals surface area contributed by atoms with Crippen LogP contribution in [-0.4, -0.2) is 11.0 Å². The molecular formula is C11H13FN2O2. The second-order valence-corrected chi connectivity index (χ2v) is 4.79. The Morgan fingerprint density at radius 1 is 1.50 bits per heavy atom. The lowest BCUT2D eigenvalue weighted by Crippen LogP contribution is -2.06. The smallest absolute Gasteiger partial charge is 0.305 e. The Morgan fingerprint density at radius 2 is 2.06 bits per heavy atom. The van der Waals surface area contributed by atoms with E-state index in [1.54, 1.807) is 6.07 Å². The van der Waals surface area contributed by atoms with Crippen molar-refractivity contribution in [2.75, 3.05) is 0 Å². The topological polar surface area (TPSA) is 69.2 Å². The second-order valence-electron chi connectivity index (χ2n) is 4.79. The van der Waals surface area contributed by atoms with Crippen LogP contribution in [-0.2, 0) is 0 Å². The fourth-order valence-corrected chi connectivity index (χ4v) is 2.18. The van der Waals surface area contributed by atoms with Gasteiger partial charge in [-0.15, -0.1) is 0 Å². The van der Waals surface area contributed by atoms with Gasteiger partial charge < -0.3 is 5.73 Å². The number of nitrogens with zero attached hydrogens (tertiary/aromatic N) is 1. The lowest BCUT2D eigenvalue weighted by atomic mass is 10.0. The molecule has 0 heterocycles. The van der Waals surface area contributed by atoms with Gasteiger partial charge in [-0.3, -0.25) is 10.1 Å². The summed E-state index contributed by atoms with van der Waals surface area (Å²) in [5.41, 5.74) is 6.08. The Bertz CT molecular complexity index is 459. The lowest BCUT2D eigenvalue weighted by Gasteiger charge is -2.03. The van der Waals surface area contributed by atoms with Gasteiger partial charge in [0, 0.05) is 18.0 Å². The molecule has 86 valence electrons. The summed E-state index contributed by atoms with van der Waals surface area (Å²) in [6, 6.07) is 3.97. The van der Waals surface area contributed by atoms with E-state index in [9.17, 15) is 14.5 Å². The molecule has 1 aliphatic carbocycles. The molecule has 0 amide bonds. The summed E-state index contributed by atoms with van der Waals surface area (Å²) in [4.78, 5) is 9.89. The molecule has 0 aromatic heterocycles. The molecule has 0 saturated heterocycles. The third-order valence-corrected chi connectivity index (χ3v) is 3.44. The maximum absolute atomic E-state index is 13.1. The number of halogens is 1. The third-order valence-electron chi connectivity index (χ3n) is 3.44. The van der Waals surface area contributed by atoms with Crippen LogP contribution in [0.2, 0.25) is 0 Å². The average molecular weight is 224 g/mol. The minimum atomic E-state index is -0.805. The summed E-state index contributed by atoms with van der Waals surface area (Å²) >= 11 is 0. The monoisotopic (exact) mass is 224 g/mol. The number of nitro groups is 1. The van der Waals surface area contributed by atoms with Crippen LogP contribution in [0.5, 0.6) is 0 Å². The zero-order valence-corrected chi connectivity index (χ0v) is 9.11. The largest absolute Gasteiger partial charge is 0.327 e. The van der Waals surface area contributed by atoms with Crippen molar-refractivity contribution in [1.29, 1.82) is 0 Å². The molecule has 16 heavy (non-hydrogen) atoms. The van der Waals surface area contributed by atoms with Crippen molar-refractivity contribution in [1.82, 2.24) is 0 Å². The second kappa shape index (κ2) is 3.25. The van der Waals surface area contributed by atoms with Gasteiger partial charge in [0.25, 0.3) is 0 Å². The first-order valence-corrected chi connectivity index (χ1v) is 5.05. The van der Waals surface area contributed by atoms with Crippen molar-refractivity contribution in [2.45, 2.75) is 25.8 Å². The lowest BCUT2D eigenvalue weighted by molar-refractivity contribution is -0.387. The van der Waals surface area contributed by atoms with Crippen molar-refractivity contribution in [2.24, 2.45) is 11.1 Å². The molecule has 1 aromatic rings. The maximum atomic E-state index is 13.1. The molecule has 0 spiro atoms. The Balaban J connectivity index is 2.39. The number of rotatable bonds is 2. The van der Waals surface area contributed by atoms with E-state index in [-0.39, 0.29) is 17.4 Å². The minimum absolute atomic E-state index is 0.0161. The van der Waals surface area contributed by atoms with Gasteiger partial charge in [-0.25, -0.2) is 0 Å². The van der Waals surface area contributed by atoms with E-state index in [0.29, 0.717) is 0 Å². The number of hydrogen-bond donors (Lipinski definition) is 1. The highest BCUT2D eigenvalue weighted by Crippen LogP contribution is 2.57. The standard InChI is InChI=1S/C11H13FN2O2/c1-11(2)9(10(11)13)6-3-4-7(12)8(5-6)14(15)16/h3-5,9-10H,13H2,1-2H3/t9-,10-/m1/s1. The molecule has 1 fully saturated rings. The van der Waals surface area contributed by atoms with Crippen molar-refractivity contribution < 1.29 is 9.31 Å². The van der Waals surface area contributed by atoms with Gasteiger partial charge in [0.1, 0.15) is 0 Å². The molecule has 0 aliphatic heterocycles. The predicted octanol–water partition coefficient (Wildman–Crippen LogP) is 2.18. The van der Waals surface area contributed by atoms with Crippen LogP contribution in [0.4, 0.5) is 10.1 Å². The van der Waals surface area contributed by atoms with Gasteiger partial charge in [-0.1, -0.05) is 19.9 Å². The van der Waals surface area contributed by atoms with Crippen LogP contribution < -0.4 is 5.73 Å². The van der Waals surface area contributed by atoms with Gasteiger partial charge in [0.15, 0.2) is 0 Å². The first-order chi connectivity index (χ1) is 7.35. The summed E-state index contributed by atoms with van der Waals surface area (Å²) in [5, 5.41) is 10.6. The van der Waals surface area contributed by atoms with Gasteiger partial charge >= 0.3 is 5.69 Å². The summed E-state index contributed by atoms with van der Waals surface area (Å²) in [6.07, 6.45) is 0. The number of nitrogens with two attached hydrogens (primary N) is 1. The van der Waals surface area contributed by atoms with E-state index in [2.05, 4.69) is 0 Å². The highest BCUT2D eigenvalue weighted by atomic mass is 19.1. The van der Waals surface area contributed by atoms with Crippen molar-refractivity contribution in [3.05, 3.63) is 39.7 Å². The Kier molecular flexibility index (Phi) is 2.24. The van der Waals surface area contributed by atoms with Crippen molar-refractivity contribution >= 4 is 5.69 Å². The van der Waals surface area contributed by atoms with Gasteiger partial charge in [0.2, 0.25) is 5.82 Å². The molecule has 1 aromatic carbocycles. The number of hydrogen-bond acceptors (Lipinski definition) is 3. The molecule has 2 atom stereocenters. The maximum Gasteiger partial charge on any atom is 0.305 e. The molecule has 4 nitrogen and oxygen atoms in total. The van der Waals surface area contributed by atoms with Crippen LogP contribution in [0.25, 0.3) is 0 Å². The van der Waals surface area contributed by atoms with Crippen LogP contribution in [0.15, 0.2) is 18.2 Å². The van der Waals surface area contributed by atoms with E-state index < -0.39 is 16.4 Å². The van der Waals surface area contributed by atoms with Crippen LogP contribution in [0, 0.1) is 21.3 Å². The highest BCUT2D eigenvalue weighted by Gasteiger charge is 2.56. The summed E-state index contributed by atoms with van der Waals surface area (Å²) in [5.74, 6) is -0.729. The average Bonchev–Trinajstić information content (AvgIpc) is 2.67. The molecule has 1 aliphatic rings. The molecule has 1 saturated carbocycles. The molecule has 0 bridgehead atoms. The van der Waals surface area contributed by atoms with Gasteiger partial charge in [-0.2, -0.15) is 4.39 Å². The Morgan fingerprint density at radius 3 is 2.50 bits per heavy atom. The van der Waals surface area contributed by atoms with Crippen molar-refractivity contribution in [3.8, 4) is 0 Å². The van der Waals surface area contributed by atoms with Gasteiger partial charge in [-0.05, 0) is 17.0 Å². The molecule has 0 radical (unpaired) electrons. The van der Waals surface area contributed by atoms with Crippen LogP contribution in [0.3, 0.4) is 0 Å². The fraction of sp³-hybridized carbons (Fsp3) is 0.455. The van der Waals surface area contributed by atoms with Crippen LogP contribution in [0.1, 0.15) is 25.3 Å².